The highest BCUT2D eigenvalue weighted by Gasteiger charge is 2.14. The van der Waals surface area contributed by atoms with Crippen LogP contribution in [0.1, 0.15) is 16.8 Å². The summed E-state index contributed by atoms with van der Waals surface area (Å²) in [6, 6.07) is 16.7. The Morgan fingerprint density at radius 2 is 1.78 bits per heavy atom. The molecule has 0 atom stereocenters. The first-order chi connectivity index (χ1) is 13.1. The van der Waals surface area contributed by atoms with E-state index in [-0.39, 0.29) is 24.8 Å². The molecule has 0 fully saturated rings. The van der Waals surface area contributed by atoms with E-state index >= 15 is 0 Å². The minimum Gasteiger partial charge on any atom is -0.497 e. The Balaban J connectivity index is 1.95. The van der Waals surface area contributed by atoms with Crippen LogP contribution < -0.4 is 10.1 Å². The molecule has 27 heavy (non-hydrogen) atoms. The molecule has 138 valence electrons. The normalized spacial score (nSPS) is 10.4. The fraction of sp³-hybridized carbons (Fsp3) is 0.190. The molecule has 0 radical (unpaired) electrons. The summed E-state index contributed by atoms with van der Waals surface area (Å²) in [5.74, 6) is 0.126. The van der Waals surface area contributed by atoms with Gasteiger partial charge in [-0.05, 0) is 36.4 Å². The number of rotatable bonds is 6. The molecule has 0 aliphatic carbocycles. The van der Waals surface area contributed by atoms with E-state index in [0.717, 1.165) is 22.2 Å². The molecule has 0 saturated carbocycles. The molecule has 1 N–H and O–H groups in total. The number of hydrogen-bond acceptors (Lipinski definition) is 5. The lowest BCUT2D eigenvalue weighted by Gasteiger charge is -2.11. The van der Waals surface area contributed by atoms with Gasteiger partial charge in [0.25, 0.3) is 5.91 Å². The number of esters is 1. The maximum Gasteiger partial charge on any atom is 0.307 e. The Hall–Kier alpha value is -3.41. The number of fused-ring (bicyclic) bond motifs is 1. The molecule has 0 saturated heterocycles. The summed E-state index contributed by atoms with van der Waals surface area (Å²) < 4.78 is 9.78. The van der Waals surface area contributed by atoms with E-state index in [9.17, 15) is 9.59 Å². The van der Waals surface area contributed by atoms with Crippen LogP contribution in [-0.2, 0) is 9.53 Å². The predicted octanol–water partition coefficient (Wildman–Crippen LogP) is 3.20. The predicted molar refractivity (Wildman–Crippen MR) is 103 cm³/mol. The summed E-state index contributed by atoms with van der Waals surface area (Å²) in [5.41, 5.74) is 2.81. The molecular weight excluding hydrogens is 344 g/mol. The van der Waals surface area contributed by atoms with Crippen LogP contribution in [0.5, 0.6) is 5.75 Å². The molecule has 6 nitrogen and oxygen atoms in total. The first kappa shape index (κ1) is 18.4. The number of aromatic nitrogens is 1. The van der Waals surface area contributed by atoms with Crippen LogP contribution in [0.2, 0.25) is 0 Å². The zero-order valence-corrected chi connectivity index (χ0v) is 15.2. The fourth-order valence-corrected chi connectivity index (χ4v) is 2.75. The molecule has 0 aliphatic heterocycles. The Labute approximate surface area is 157 Å². The largest absolute Gasteiger partial charge is 0.497 e. The van der Waals surface area contributed by atoms with E-state index < -0.39 is 0 Å². The van der Waals surface area contributed by atoms with E-state index in [0.29, 0.717) is 11.3 Å². The summed E-state index contributed by atoms with van der Waals surface area (Å²) >= 11 is 0. The minimum atomic E-state index is -0.367. The Morgan fingerprint density at radius 1 is 1.04 bits per heavy atom. The van der Waals surface area contributed by atoms with Crippen LogP contribution in [0.4, 0.5) is 0 Å². The Kier molecular flexibility index (Phi) is 5.66. The highest BCUT2D eigenvalue weighted by molar-refractivity contribution is 6.07. The molecule has 0 bridgehead atoms. The van der Waals surface area contributed by atoms with E-state index in [1.54, 1.807) is 13.2 Å². The second-order valence-electron chi connectivity index (χ2n) is 5.88. The molecule has 3 aromatic rings. The lowest BCUT2D eigenvalue weighted by atomic mass is 10.0. The number of nitrogens with zero attached hydrogens (tertiary/aromatic N) is 1. The van der Waals surface area contributed by atoms with Crippen molar-refractivity contribution in [3.05, 3.63) is 60.2 Å². The summed E-state index contributed by atoms with van der Waals surface area (Å²) in [6.07, 6.45) is 0.122. The molecule has 0 aliphatic rings. The fourth-order valence-electron chi connectivity index (χ4n) is 2.75. The van der Waals surface area contributed by atoms with Gasteiger partial charge in [0, 0.05) is 17.5 Å². The summed E-state index contributed by atoms with van der Waals surface area (Å²) in [5, 5.41) is 3.52. The van der Waals surface area contributed by atoms with Crippen molar-refractivity contribution in [1.82, 2.24) is 10.3 Å². The maximum atomic E-state index is 12.7. The molecule has 0 spiro atoms. The minimum absolute atomic E-state index is 0.122. The second kappa shape index (κ2) is 8.31. The van der Waals surface area contributed by atoms with Crippen LogP contribution in [0, 0.1) is 0 Å². The lowest BCUT2D eigenvalue weighted by Crippen LogP contribution is -2.26. The second-order valence-corrected chi connectivity index (χ2v) is 5.88. The number of para-hydroxylation sites is 1. The van der Waals surface area contributed by atoms with Gasteiger partial charge < -0.3 is 14.8 Å². The van der Waals surface area contributed by atoms with Crippen molar-refractivity contribution >= 4 is 22.8 Å². The number of hydrogen-bond donors (Lipinski definition) is 1. The number of carbonyl (C=O) groups is 2. The third-order valence-corrected chi connectivity index (χ3v) is 4.19. The number of ether oxygens (including phenoxy) is 2. The van der Waals surface area contributed by atoms with Crippen molar-refractivity contribution in [3.8, 4) is 17.0 Å². The summed E-state index contributed by atoms with van der Waals surface area (Å²) in [7, 11) is 2.93. The molecule has 2 aromatic carbocycles. The molecular formula is C21H20N2O4. The topological polar surface area (TPSA) is 77.5 Å². The van der Waals surface area contributed by atoms with Crippen molar-refractivity contribution in [2.24, 2.45) is 0 Å². The molecule has 6 heteroatoms. The van der Waals surface area contributed by atoms with Gasteiger partial charge in [0.15, 0.2) is 0 Å². The van der Waals surface area contributed by atoms with Crippen LogP contribution in [0.3, 0.4) is 0 Å². The summed E-state index contributed by atoms with van der Waals surface area (Å²) in [4.78, 5) is 28.6. The highest BCUT2D eigenvalue weighted by Crippen LogP contribution is 2.26. The van der Waals surface area contributed by atoms with Crippen molar-refractivity contribution in [3.63, 3.8) is 0 Å². The smallest absolute Gasteiger partial charge is 0.307 e. The van der Waals surface area contributed by atoms with Crippen LogP contribution in [-0.4, -0.2) is 37.6 Å². The molecule has 3 rings (SSSR count). The van der Waals surface area contributed by atoms with Gasteiger partial charge in [0.1, 0.15) is 5.75 Å². The average Bonchev–Trinajstić information content (AvgIpc) is 2.72. The van der Waals surface area contributed by atoms with Crippen molar-refractivity contribution in [2.45, 2.75) is 6.42 Å². The first-order valence-electron chi connectivity index (χ1n) is 8.51. The SMILES string of the molecule is COC(=O)CCNC(=O)c1cc(-c2ccc(OC)cc2)nc2ccccc12. The lowest BCUT2D eigenvalue weighted by molar-refractivity contribution is -0.140. The highest BCUT2D eigenvalue weighted by atomic mass is 16.5. The Bertz CT molecular complexity index is 968. The third kappa shape index (κ3) is 4.23. The summed E-state index contributed by atoms with van der Waals surface area (Å²) in [6.45, 7) is 0.208. The van der Waals surface area contributed by atoms with Crippen molar-refractivity contribution < 1.29 is 19.1 Å². The van der Waals surface area contributed by atoms with E-state index in [2.05, 4.69) is 15.0 Å². The van der Waals surface area contributed by atoms with Gasteiger partial charge in [0.05, 0.1) is 37.4 Å². The molecule has 1 aromatic heterocycles. The monoisotopic (exact) mass is 364 g/mol. The van der Waals surface area contributed by atoms with Gasteiger partial charge in [-0.25, -0.2) is 4.98 Å². The van der Waals surface area contributed by atoms with Gasteiger partial charge in [-0.2, -0.15) is 0 Å². The molecule has 1 heterocycles. The van der Waals surface area contributed by atoms with E-state index in [1.807, 2.05) is 48.5 Å². The standard InChI is InChI=1S/C21H20N2O4/c1-26-15-9-7-14(8-10-15)19-13-17(16-5-3-4-6-18(16)23-19)21(25)22-12-11-20(24)27-2/h3-10,13H,11-12H2,1-2H3,(H,22,25). The van der Waals surface area contributed by atoms with E-state index in [1.165, 1.54) is 7.11 Å². The quantitative estimate of drug-likeness (QED) is 0.680. The van der Waals surface area contributed by atoms with Crippen LogP contribution in [0.15, 0.2) is 54.6 Å². The average molecular weight is 364 g/mol. The third-order valence-electron chi connectivity index (χ3n) is 4.19. The number of benzene rings is 2. The number of methoxy groups -OCH3 is 2. The number of carbonyl (C=O) groups excluding carboxylic acids is 2. The maximum absolute atomic E-state index is 12.7. The first-order valence-corrected chi connectivity index (χ1v) is 8.51. The number of amides is 1. The Morgan fingerprint density at radius 3 is 2.48 bits per heavy atom. The van der Waals surface area contributed by atoms with Gasteiger partial charge in [-0.1, -0.05) is 18.2 Å². The van der Waals surface area contributed by atoms with Crippen LogP contribution in [0.25, 0.3) is 22.2 Å². The van der Waals surface area contributed by atoms with Crippen molar-refractivity contribution in [2.75, 3.05) is 20.8 Å². The van der Waals surface area contributed by atoms with Crippen molar-refractivity contribution in [1.29, 1.82) is 0 Å². The molecule has 1 amide bonds. The van der Waals surface area contributed by atoms with Gasteiger partial charge in [-0.3, -0.25) is 9.59 Å². The number of nitrogens with one attached hydrogen (secondary N) is 1. The van der Waals surface area contributed by atoms with E-state index in [4.69, 9.17) is 4.74 Å². The molecule has 0 unspecified atom stereocenters. The van der Waals surface area contributed by atoms with Gasteiger partial charge >= 0.3 is 5.97 Å². The zero-order valence-electron chi connectivity index (χ0n) is 15.2. The van der Waals surface area contributed by atoms with Gasteiger partial charge in [-0.15, -0.1) is 0 Å². The number of pyridine rings is 1. The van der Waals surface area contributed by atoms with Gasteiger partial charge in [0.2, 0.25) is 0 Å². The van der Waals surface area contributed by atoms with Crippen LogP contribution >= 0.6 is 0 Å². The zero-order chi connectivity index (χ0) is 19.2.